The topological polar surface area (TPSA) is 135 Å². The summed E-state index contributed by atoms with van der Waals surface area (Å²) in [6, 6.07) is 6.36. The maximum absolute atomic E-state index is 14.8. The molecule has 1 unspecified atom stereocenters. The fourth-order valence-electron chi connectivity index (χ4n) is 3.25. The smallest absolute Gasteiger partial charge is 0.404 e. The van der Waals surface area contributed by atoms with Gasteiger partial charge in [0, 0.05) is 11.8 Å². The summed E-state index contributed by atoms with van der Waals surface area (Å²) in [5, 5.41) is 10.0. The Morgan fingerprint density at radius 3 is 2.88 bits per heavy atom. The number of anilines is 1. The van der Waals surface area contributed by atoms with Crippen molar-refractivity contribution >= 4 is 25.2 Å². The van der Waals surface area contributed by atoms with Gasteiger partial charge in [0.2, 0.25) is 0 Å². The van der Waals surface area contributed by atoms with Gasteiger partial charge in [0.15, 0.2) is 18.0 Å². The molecule has 0 amide bonds. The van der Waals surface area contributed by atoms with Crippen molar-refractivity contribution in [1.29, 1.82) is 0 Å². The van der Waals surface area contributed by atoms with E-state index in [2.05, 4.69) is 4.98 Å². The summed E-state index contributed by atoms with van der Waals surface area (Å²) >= 11 is 5.77. The third-order valence-corrected chi connectivity index (χ3v) is 6.60. The molecule has 15 heteroatoms. The Morgan fingerprint density at radius 2 is 2.16 bits per heavy atom. The number of phosphoric acid groups is 1. The van der Waals surface area contributed by atoms with Gasteiger partial charge in [0.25, 0.3) is 6.43 Å². The van der Waals surface area contributed by atoms with Crippen molar-refractivity contribution in [3.8, 4) is 5.75 Å². The lowest BCUT2D eigenvalue weighted by Crippen LogP contribution is -2.52. The lowest BCUT2D eigenvalue weighted by Gasteiger charge is -2.32. The van der Waals surface area contributed by atoms with E-state index in [0.29, 0.717) is 10.1 Å². The molecular weight excluding hydrogens is 482 g/mol. The number of aliphatic hydroxyl groups is 1. The van der Waals surface area contributed by atoms with E-state index in [4.69, 9.17) is 35.6 Å². The van der Waals surface area contributed by atoms with Crippen molar-refractivity contribution in [1.82, 2.24) is 9.55 Å². The summed E-state index contributed by atoms with van der Waals surface area (Å²) in [6.07, 6.45) is -9.75. The number of aromatic nitrogens is 2. The molecule has 2 aromatic rings. The highest BCUT2D eigenvalue weighted by Crippen LogP contribution is 2.56. The van der Waals surface area contributed by atoms with Crippen molar-refractivity contribution in [2.24, 2.45) is 0 Å². The van der Waals surface area contributed by atoms with Crippen LogP contribution in [0.3, 0.4) is 0 Å². The van der Waals surface area contributed by atoms with E-state index in [-0.39, 0.29) is 23.2 Å². The maximum Gasteiger partial charge on any atom is 0.530 e. The van der Waals surface area contributed by atoms with E-state index in [1.807, 2.05) is 0 Å². The van der Waals surface area contributed by atoms with Crippen LogP contribution in [0.2, 0.25) is 5.02 Å². The van der Waals surface area contributed by atoms with Crippen LogP contribution in [-0.2, 0) is 25.0 Å². The Balaban J connectivity index is 1.59. The van der Waals surface area contributed by atoms with Crippen molar-refractivity contribution in [3.05, 3.63) is 51.5 Å². The Labute approximate surface area is 183 Å². The second kappa shape index (κ2) is 8.32. The predicted molar refractivity (Wildman–Crippen MR) is 103 cm³/mol. The molecule has 32 heavy (non-hydrogen) atoms. The zero-order valence-electron chi connectivity index (χ0n) is 15.9. The van der Waals surface area contributed by atoms with Gasteiger partial charge in [0.1, 0.15) is 17.7 Å². The average Bonchev–Trinajstić information content (AvgIpc) is 3.01. The fourth-order valence-corrected chi connectivity index (χ4v) is 4.65. The number of para-hydroxylation sites is 1. The van der Waals surface area contributed by atoms with Gasteiger partial charge >= 0.3 is 13.5 Å². The Morgan fingerprint density at radius 1 is 1.44 bits per heavy atom. The molecule has 174 valence electrons. The molecule has 10 nitrogen and oxygen atoms in total. The van der Waals surface area contributed by atoms with Gasteiger partial charge in [-0.3, -0.25) is 13.6 Å². The highest BCUT2D eigenvalue weighted by atomic mass is 35.5. The van der Waals surface area contributed by atoms with E-state index < -0.39 is 50.6 Å². The van der Waals surface area contributed by atoms with Crippen molar-refractivity contribution in [2.45, 2.75) is 37.1 Å². The minimum Gasteiger partial charge on any atom is -0.404 e. The van der Waals surface area contributed by atoms with Crippen LogP contribution < -0.4 is 15.9 Å². The van der Waals surface area contributed by atoms with Gasteiger partial charge in [0.05, 0.1) is 18.2 Å². The van der Waals surface area contributed by atoms with Crippen LogP contribution in [0.4, 0.5) is 19.0 Å². The van der Waals surface area contributed by atoms with E-state index in [9.17, 15) is 27.6 Å². The van der Waals surface area contributed by atoms with Gasteiger partial charge in [-0.1, -0.05) is 29.8 Å². The molecule has 1 fully saturated rings. The van der Waals surface area contributed by atoms with E-state index in [0.717, 1.165) is 6.20 Å². The number of halogens is 4. The zero-order chi connectivity index (χ0) is 23.3. The molecular formula is C17H16ClF3N3O7P. The Bertz CT molecular complexity index is 1140. The van der Waals surface area contributed by atoms with Gasteiger partial charge in [-0.05, 0) is 6.07 Å². The number of nitrogens with two attached hydrogens (primary N) is 1. The molecule has 4 rings (SSSR count). The van der Waals surface area contributed by atoms with Gasteiger partial charge in [-0.2, -0.15) is 4.98 Å². The number of aliphatic hydroxyl groups excluding tert-OH is 1. The second-order valence-corrected chi connectivity index (χ2v) is 9.01. The lowest BCUT2D eigenvalue weighted by molar-refractivity contribution is -0.194. The van der Waals surface area contributed by atoms with Crippen LogP contribution >= 0.6 is 19.4 Å². The number of rotatable bonds is 5. The van der Waals surface area contributed by atoms with Crippen molar-refractivity contribution < 1.29 is 41.2 Å². The lowest BCUT2D eigenvalue weighted by atomic mass is 9.97. The number of fused-ring (bicyclic) bond motifs is 1. The molecule has 0 bridgehead atoms. The van der Waals surface area contributed by atoms with Crippen molar-refractivity contribution in [3.63, 3.8) is 0 Å². The number of hydrogen-bond donors (Lipinski definition) is 2. The second-order valence-electron chi connectivity index (χ2n) is 7.01. The third kappa shape index (κ3) is 3.89. The first-order valence-corrected chi connectivity index (χ1v) is 10.9. The molecule has 3 heterocycles. The first kappa shape index (κ1) is 23.0. The number of hydrogen-bond acceptors (Lipinski definition) is 9. The van der Waals surface area contributed by atoms with E-state index >= 15 is 0 Å². The zero-order valence-corrected chi connectivity index (χ0v) is 17.6. The van der Waals surface area contributed by atoms with Crippen molar-refractivity contribution in [2.75, 3.05) is 12.3 Å². The van der Waals surface area contributed by atoms with Gasteiger partial charge in [-0.15, -0.1) is 0 Å². The molecule has 3 N–H and O–H groups in total. The largest absolute Gasteiger partial charge is 0.530 e. The van der Waals surface area contributed by atoms with Gasteiger partial charge in [-0.25, -0.2) is 22.5 Å². The number of nitrogens with zero attached hydrogens (tertiary/aromatic N) is 2. The van der Waals surface area contributed by atoms with Crippen LogP contribution in [0, 0.1) is 0 Å². The first-order chi connectivity index (χ1) is 15.1. The monoisotopic (exact) mass is 497 g/mol. The fraction of sp³-hybridized carbons (Fsp3) is 0.412. The number of alkyl halides is 3. The van der Waals surface area contributed by atoms with Crippen LogP contribution in [0.1, 0.15) is 11.8 Å². The van der Waals surface area contributed by atoms with Crippen LogP contribution in [0.25, 0.3) is 0 Å². The highest BCUT2D eigenvalue weighted by molar-refractivity contribution is 7.49. The summed E-state index contributed by atoms with van der Waals surface area (Å²) in [7, 11) is -4.41. The number of phosphoric ester groups is 1. The SMILES string of the molecule is Nc1nc(=O)n([C@@H]2O[C@@](COP3(=O)OCc4ccccc4O3)(C(F)F)[C@@H](O)[C@@H]2F)cc1Cl. The number of ether oxygens (including phenoxy) is 1. The molecule has 0 radical (unpaired) electrons. The van der Waals surface area contributed by atoms with E-state index in [1.54, 1.807) is 18.2 Å². The molecule has 1 aromatic carbocycles. The minimum atomic E-state index is -4.41. The minimum absolute atomic E-state index is 0.149. The maximum atomic E-state index is 14.8. The van der Waals surface area contributed by atoms with Crippen LogP contribution in [0.15, 0.2) is 35.3 Å². The summed E-state index contributed by atoms with van der Waals surface area (Å²) in [5.41, 5.74) is 1.77. The molecule has 0 saturated carbocycles. The molecule has 0 aliphatic carbocycles. The van der Waals surface area contributed by atoms with Crippen LogP contribution in [0.5, 0.6) is 5.75 Å². The predicted octanol–water partition coefficient (Wildman–Crippen LogP) is 2.44. The average molecular weight is 498 g/mol. The molecule has 1 aromatic heterocycles. The standard InChI is InChI=1S/C17H16ClF3N3O7P/c18-9-5-24(16(26)23-13(9)22)14-11(19)12(25)17(30-14,15(20)21)7-29-32(27)28-6-8-3-1-2-4-10(8)31-32/h1-5,11-12,14-15,25H,6-7H2,(H2,22,23,26)/t11-,12-,14+,17+,32?/m0/s1. The Hall–Kier alpha value is -2.15. The molecule has 0 spiro atoms. The third-order valence-electron chi connectivity index (χ3n) is 5.00. The quantitative estimate of drug-likeness (QED) is 0.597. The van der Waals surface area contributed by atoms with Gasteiger partial charge < -0.3 is 20.1 Å². The summed E-state index contributed by atoms with van der Waals surface area (Å²) in [5.74, 6) is -0.216. The Kier molecular flexibility index (Phi) is 5.99. The normalized spacial score (nSPS) is 32.0. The summed E-state index contributed by atoms with van der Waals surface area (Å²) in [4.78, 5) is 15.4. The summed E-state index contributed by atoms with van der Waals surface area (Å²) < 4.78 is 76.4. The molecule has 2 aliphatic heterocycles. The number of benzene rings is 1. The van der Waals surface area contributed by atoms with Crippen LogP contribution in [-0.4, -0.2) is 45.6 Å². The number of nitrogen functional groups attached to an aromatic ring is 1. The first-order valence-electron chi connectivity index (χ1n) is 9.05. The van der Waals surface area contributed by atoms with E-state index in [1.165, 1.54) is 6.07 Å². The molecule has 1 saturated heterocycles. The molecule has 2 aliphatic rings. The molecule has 5 atom stereocenters. The summed E-state index contributed by atoms with van der Waals surface area (Å²) in [6.45, 7) is -1.48. The highest BCUT2D eigenvalue weighted by Gasteiger charge is 2.62.